The molecule has 0 unspecified atom stereocenters. The Bertz CT molecular complexity index is 515. The van der Waals surface area contributed by atoms with Gasteiger partial charge in [-0.05, 0) is 13.3 Å². The summed E-state index contributed by atoms with van der Waals surface area (Å²) in [5, 5.41) is 25.6. The summed E-state index contributed by atoms with van der Waals surface area (Å²) >= 11 is 0. The van der Waals surface area contributed by atoms with Crippen LogP contribution in [-0.2, 0) is 16.0 Å². The van der Waals surface area contributed by atoms with Gasteiger partial charge in [-0.1, -0.05) is 5.16 Å². The van der Waals surface area contributed by atoms with Crippen LogP contribution in [0.1, 0.15) is 24.6 Å². The third kappa shape index (κ3) is 6.36. The lowest BCUT2D eigenvalue weighted by molar-refractivity contribution is -0.140. The Hall–Kier alpha value is -2.65. The van der Waals surface area contributed by atoms with Crippen molar-refractivity contribution >= 4 is 18.0 Å². The van der Waals surface area contributed by atoms with E-state index in [2.05, 4.69) is 20.8 Å². The van der Waals surface area contributed by atoms with Crippen molar-refractivity contribution in [3.8, 4) is 0 Å². The number of urea groups is 1. The molecule has 1 aromatic rings. The normalized spacial score (nSPS) is 11.7. The molecule has 10 heteroatoms. The molecule has 1 atom stereocenters. The first kappa shape index (κ1) is 16.4. The van der Waals surface area contributed by atoms with Gasteiger partial charge in [0, 0.05) is 19.4 Å². The molecule has 2 amide bonds. The van der Waals surface area contributed by atoms with Crippen LogP contribution in [-0.4, -0.2) is 50.9 Å². The summed E-state index contributed by atoms with van der Waals surface area (Å²) in [6.07, 6.45) is -0.236. The maximum Gasteiger partial charge on any atom is 0.326 e. The third-order valence-corrected chi connectivity index (χ3v) is 2.44. The number of hydrogen-bond donors (Lipinski definition) is 4. The summed E-state index contributed by atoms with van der Waals surface area (Å²) in [5.41, 5.74) is 0. The largest absolute Gasteiger partial charge is 0.481 e. The summed E-state index contributed by atoms with van der Waals surface area (Å²) < 4.78 is 4.84. The highest BCUT2D eigenvalue weighted by Crippen LogP contribution is 1.98. The van der Waals surface area contributed by atoms with E-state index in [-0.39, 0.29) is 19.4 Å². The number of hydrogen-bond acceptors (Lipinski definition) is 6. The zero-order valence-electron chi connectivity index (χ0n) is 11.3. The van der Waals surface area contributed by atoms with Crippen molar-refractivity contribution in [3.05, 3.63) is 11.7 Å². The highest BCUT2D eigenvalue weighted by molar-refractivity contribution is 5.82. The molecule has 0 saturated carbocycles. The molecule has 116 valence electrons. The fraction of sp³-hybridized carbons (Fsp3) is 0.545. The van der Waals surface area contributed by atoms with E-state index in [1.807, 2.05) is 0 Å². The first-order chi connectivity index (χ1) is 9.88. The standard InChI is InChI=1S/C11H16N4O6/c1-6-13-8(21-15-6)4-5-12-11(20)14-7(10(18)19)2-3-9(16)17/h7H,2-5H2,1H3,(H,16,17)(H,18,19)(H2,12,14,20)/t7-/m0/s1. The minimum Gasteiger partial charge on any atom is -0.481 e. The van der Waals surface area contributed by atoms with Crippen LogP contribution in [0, 0.1) is 6.92 Å². The summed E-state index contributed by atoms with van der Waals surface area (Å²) in [4.78, 5) is 36.7. The van der Waals surface area contributed by atoms with Crippen molar-refractivity contribution in [3.63, 3.8) is 0 Å². The molecule has 1 aromatic heterocycles. The lowest BCUT2D eigenvalue weighted by Gasteiger charge is -2.13. The van der Waals surface area contributed by atoms with E-state index in [1.165, 1.54) is 0 Å². The topological polar surface area (TPSA) is 155 Å². The molecule has 21 heavy (non-hydrogen) atoms. The first-order valence-electron chi connectivity index (χ1n) is 6.16. The minimum absolute atomic E-state index is 0.179. The molecule has 0 aromatic carbocycles. The van der Waals surface area contributed by atoms with E-state index in [4.69, 9.17) is 14.7 Å². The molecule has 4 N–H and O–H groups in total. The van der Waals surface area contributed by atoms with Crippen molar-refractivity contribution < 1.29 is 29.1 Å². The number of aromatic nitrogens is 2. The van der Waals surface area contributed by atoms with Gasteiger partial charge in [-0.3, -0.25) is 4.79 Å². The zero-order valence-corrected chi connectivity index (χ0v) is 11.3. The van der Waals surface area contributed by atoms with Crippen LogP contribution in [0.15, 0.2) is 4.52 Å². The smallest absolute Gasteiger partial charge is 0.326 e. The van der Waals surface area contributed by atoms with Gasteiger partial charge in [0.2, 0.25) is 5.89 Å². The summed E-state index contributed by atoms with van der Waals surface area (Å²) in [7, 11) is 0. The van der Waals surface area contributed by atoms with Crippen molar-refractivity contribution in [1.29, 1.82) is 0 Å². The Labute approximate surface area is 119 Å². The highest BCUT2D eigenvalue weighted by atomic mass is 16.5. The lowest BCUT2D eigenvalue weighted by Crippen LogP contribution is -2.46. The van der Waals surface area contributed by atoms with E-state index >= 15 is 0 Å². The van der Waals surface area contributed by atoms with Crippen LogP contribution < -0.4 is 10.6 Å². The second-order valence-electron chi connectivity index (χ2n) is 4.21. The van der Waals surface area contributed by atoms with Gasteiger partial charge in [0.1, 0.15) is 6.04 Å². The summed E-state index contributed by atoms with van der Waals surface area (Å²) in [5.74, 6) is -1.59. The highest BCUT2D eigenvalue weighted by Gasteiger charge is 2.20. The number of aryl methyl sites for hydroxylation is 1. The SMILES string of the molecule is Cc1noc(CCNC(=O)N[C@@H](CCC(=O)O)C(=O)O)n1. The van der Waals surface area contributed by atoms with Gasteiger partial charge in [-0.15, -0.1) is 0 Å². The fourth-order valence-corrected chi connectivity index (χ4v) is 1.46. The molecule has 0 saturated heterocycles. The second-order valence-corrected chi connectivity index (χ2v) is 4.21. The maximum atomic E-state index is 11.5. The Morgan fingerprint density at radius 3 is 2.57 bits per heavy atom. The van der Waals surface area contributed by atoms with E-state index in [1.54, 1.807) is 6.92 Å². The number of carboxylic acids is 2. The fourth-order valence-electron chi connectivity index (χ4n) is 1.46. The van der Waals surface area contributed by atoms with Crippen molar-refractivity contribution in [2.45, 2.75) is 32.2 Å². The van der Waals surface area contributed by atoms with E-state index in [0.29, 0.717) is 18.1 Å². The van der Waals surface area contributed by atoms with Crippen LogP contribution in [0.5, 0.6) is 0 Å². The average Bonchev–Trinajstić information content (AvgIpc) is 2.79. The van der Waals surface area contributed by atoms with Crippen LogP contribution in [0.2, 0.25) is 0 Å². The summed E-state index contributed by atoms with van der Waals surface area (Å²) in [6.45, 7) is 1.84. The number of carbonyl (C=O) groups is 3. The number of nitrogens with one attached hydrogen (secondary N) is 2. The summed E-state index contributed by atoms with van der Waals surface area (Å²) in [6, 6.07) is -1.96. The lowest BCUT2D eigenvalue weighted by atomic mass is 10.1. The molecule has 1 rings (SSSR count). The Balaban J connectivity index is 2.32. The number of aliphatic carboxylic acids is 2. The molecule has 0 bridgehead atoms. The molecule has 1 heterocycles. The predicted molar refractivity (Wildman–Crippen MR) is 67.6 cm³/mol. The molecule has 0 spiro atoms. The molecule has 0 radical (unpaired) electrons. The molecular formula is C11H16N4O6. The quantitative estimate of drug-likeness (QED) is 0.502. The van der Waals surface area contributed by atoms with Crippen LogP contribution in [0.4, 0.5) is 4.79 Å². The van der Waals surface area contributed by atoms with E-state index < -0.39 is 24.0 Å². The van der Waals surface area contributed by atoms with Crippen molar-refractivity contribution in [2.24, 2.45) is 0 Å². The Morgan fingerprint density at radius 1 is 1.33 bits per heavy atom. The maximum absolute atomic E-state index is 11.5. The molecule has 0 aliphatic rings. The Kier molecular flexibility index (Phi) is 6.11. The monoisotopic (exact) mass is 300 g/mol. The molecular weight excluding hydrogens is 284 g/mol. The van der Waals surface area contributed by atoms with Gasteiger partial charge in [0.05, 0.1) is 0 Å². The minimum atomic E-state index is -1.29. The van der Waals surface area contributed by atoms with Crippen LogP contribution in [0.3, 0.4) is 0 Å². The second kappa shape index (κ2) is 7.82. The van der Waals surface area contributed by atoms with Crippen LogP contribution >= 0.6 is 0 Å². The molecule has 0 aliphatic carbocycles. The Morgan fingerprint density at radius 2 is 2.05 bits per heavy atom. The third-order valence-electron chi connectivity index (χ3n) is 2.44. The van der Waals surface area contributed by atoms with Gasteiger partial charge in [0.15, 0.2) is 5.82 Å². The van der Waals surface area contributed by atoms with Gasteiger partial charge in [0.25, 0.3) is 0 Å². The molecule has 10 nitrogen and oxygen atoms in total. The number of carboxylic acid groups (broad SMARTS) is 2. The zero-order chi connectivity index (χ0) is 15.8. The molecule has 0 aliphatic heterocycles. The van der Waals surface area contributed by atoms with Crippen molar-refractivity contribution in [1.82, 2.24) is 20.8 Å². The van der Waals surface area contributed by atoms with Gasteiger partial charge in [-0.25, -0.2) is 9.59 Å². The molecule has 0 fully saturated rings. The number of rotatable bonds is 8. The van der Waals surface area contributed by atoms with Crippen LogP contribution in [0.25, 0.3) is 0 Å². The number of amides is 2. The van der Waals surface area contributed by atoms with E-state index in [0.717, 1.165) is 0 Å². The first-order valence-corrected chi connectivity index (χ1v) is 6.16. The van der Waals surface area contributed by atoms with Gasteiger partial charge < -0.3 is 25.4 Å². The van der Waals surface area contributed by atoms with Gasteiger partial charge >= 0.3 is 18.0 Å². The average molecular weight is 300 g/mol. The number of nitrogens with zero attached hydrogens (tertiary/aromatic N) is 2. The predicted octanol–water partition coefficient (Wildman–Crippen LogP) is -0.462. The number of carbonyl (C=O) groups excluding carboxylic acids is 1. The van der Waals surface area contributed by atoms with E-state index in [9.17, 15) is 14.4 Å². The van der Waals surface area contributed by atoms with Gasteiger partial charge in [-0.2, -0.15) is 4.98 Å². The van der Waals surface area contributed by atoms with Crippen molar-refractivity contribution in [2.75, 3.05) is 6.54 Å².